The molecule has 2 aliphatic rings. The number of ether oxygens (including phenoxy) is 1. The maximum Gasteiger partial charge on any atom is 0.353 e. The zero-order valence-electron chi connectivity index (χ0n) is 11.9. The number of β-lactam (4-membered cyclic amide) rings is 1. The van der Waals surface area contributed by atoms with Crippen LogP contribution in [-0.4, -0.2) is 58.0 Å². The smallest absolute Gasteiger partial charge is 0.353 e. The fraction of sp³-hybridized carbons (Fsp3) is 0.615. The van der Waals surface area contributed by atoms with Gasteiger partial charge in [-0.05, 0) is 6.92 Å². The van der Waals surface area contributed by atoms with E-state index in [1.165, 1.54) is 18.9 Å². The van der Waals surface area contributed by atoms with Gasteiger partial charge in [0, 0.05) is 10.8 Å². The lowest BCUT2D eigenvalue weighted by molar-refractivity contribution is -0.163. The molecule has 0 bridgehead atoms. The molecule has 2 N–H and O–H groups in total. The van der Waals surface area contributed by atoms with Gasteiger partial charge in [0.05, 0.1) is 30.9 Å². The first-order valence-corrected chi connectivity index (χ1v) is 7.48. The number of aliphatic hydroxyl groups is 1. The van der Waals surface area contributed by atoms with Crippen LogP contribution in [0.15, 0.2) is 10.6 Å². The molecule has 1 saturated heterocycles. The number of methoxy groups -OCH3 is 1. The fourth-order valence-electron chi connectivity index (χ4n) is 2.91. The molecule has 0 aliphatic carbocycles. The lowest BCUT2D eigenvalue weighted by Gasteiger charge is -2.46. The molecule has 2 heterocycles. The van der Waals surface area contributed by atoms with Crippen LogP contribution in [0, 0.1) is 11.8 Å². The number of fused-ring (bicyclic) bond motifs is 1. The minimum absolute atomic E-state index is 0.0128. The summed E-state index contributed by atoms with van der Waals surface area (Å²) in [6, 6.07) is -0.358. The minimum atomic E-state index is -1.20. The highest BCUT2D eigenvalue weighted by Gasteiger charge is 2.59. The number of aliphatic carboxylic acids is 1. The number of esters is 1. The van der Waals surface area contributed by atoms with Crippen molar-refractivity contribution in [1.82, 2.24) is 4.90 Å². The van der Waals surface area contributed by atoms with Crippen molar-refractivity contribution in [3.8, 4) is 0 Å². The molecular formula is C13H17NO6S. The average molecular weight is 315 g/mol. The Kier molecular flexibility index (Phi) is 4.29. The molecule has 1 fully saturated rings. The Bertz CT molecular complexity index is 529. The van der Waals surface area contributed by atoms with E-state index in [-0.39, 0.29) is 29.3 Å². The summed E-state index contributed by atoms with van der Waals surface area (Å²) in [5, 5.41) is 19.0. The lowest BCUT2D eigenvalue weighted by Crippen LogP contribution is -2.63. The third-order valence-corrected chi connectivity index (χ3v) is 5.14. The first kappa shape index (κ1) is 15.8. The van der Waals surface area contributed by atoms with Gasteiger partial charge in [0.15, 0.2) is 0 Å². The predicted molar refractivity (Wildman–Crippen MR) is 74.1 cm³/mol. The molecule has 2 aliphatic heterocycles. The van der Waals surface area contributed by atoms with Crippen molar-refractivity contribution in [3.63, 3.8) is 0 Å². The summed E-state index contributed by atoms with van der Waals surface area (Å²) >= 11 is 1.07. The van der Waals surface area contributed by atoms with Crippen LogP contribution in [0.5, 0.6) is 0 Å². The summed E-state index contributed by atoms with van der Waals surface area (Å²) in [5.41, 5.74) is -0.0803. The molecule has 8 heteroatoms. The van der Waals surface area contributed by atoms with Crippen LogP contribution in [-0.2, 0) is 19.1 Å². The van der Waals surface area contributed by atoms with Crippen molar-refractivity contribution in [2.24, 2.45) is 11.8 Å². The van der Waals surface area contributed by atoms with E-state index in [1.807, 2.05) is 0 Å². The molecule has 4 atom stereocenters. The van der Waals surface area contributed by atoms with E-state index in [1.54, 1.807) is 6.92 Å². The van der Waals surface area contributed by atoms with Crippen molar-refractivity contribution in [2.45, 2.75) is 26.0 Å². The minimum Gasteiger partial charge on any atom is -0.477 e. The number of carboxylic acid groups (broad SMARTS) is 1. The highest BCUT2D eigenvalue weighted by molar-refractivity contribution is 8.03. The van der Waals surface area contributed by atoms with Gasteiger partial charge in [0.1, 0.15) is 5.70 Å². The van der Waals surface area contributed by atoms with Gasteiger partial charge in [0.25, 0.3) is 0 Å². The average Bonchev–Trinajstić information content (AvgIpc) is 2.65. The first-order valence-electron chi connectivity index (χ1n) is 6.49. The van der Waals surface area contributed by atoms with E-state index in [0.29, 0.717) is 4.91 Å². The van der Waals surface area contributed by atoms with E-state index in [2.05, 4.69) is 4.74 Å². The molecule has 1 amide bonds. The molecule has 0 saturated carbocycles. The molecule has 0 aromatic rings. The van der Waals surface area contributed by atoms with Gasteiger partial charge in [-0.25, -0.2) is 4.79 Å². The second kappa shape index (κ2) is 5.69. The number of amides is 1. The highest BCUT2D eigenvalue weighted by Crippen LogP contribution is 2.50. The molecule has 0 radical (unpaired) electrons. The summed E-state index contributed by atoms with van der Waals surface area (Å²) < 4.78 is 4.54. The molecule has 116 valence electrons. The van der Waals surface area contributed by atoms with E-state index in [9.17, 15) is 24.6 Å². The maximum atomic E-state index is 12.1. The number of carboxylic acids is 1. The number of hydrogen-bond donors (Lipinski definition) is 2. The SMILES string of the molecule is COC(=O)CSC1=C(C(=O)O)N2C(=O)C(C(C)O)C2C1C. The monoisotopic (exact) mass is 315 g/mol. The number of carbonyl (C=O) groups is 3. The van der Waals surface area contributed by atoms with Gasteiger partial charge in [0.2, 0.25) is 5.91 Å². The Hall–Kier alpha value is -1.54. The molecule has 0 aromatic carbocycles. The maximum absolute atomic E-state index is 12.1. The van der Waals surface area contributed by atoms with E-state index < -0.39 is 24.0 Å². The normalized spacial score (nSPS) is 29.0. The Labute approximate surface area is 125 Å². The number of nitrogens with zero attached hydrogens (tertiary/aromatic N) is 1. The van der Waals surface area contributed by atoms with Crippen LogP contribution < -0.4 is 0 Å². The van der Waals surface area contributed by atoms with Gasteiger partial charge < -0.3 is 19.8 Å². The van der Waals surface area contributed by atoms with Crippen molar-refractivity contribution >= 4 is 29.6 Å². The van der Waals surface area contributed by atoms with E-state index >= 15 is 0 Å². The third kappa shape index (κ3) is 2.42. The summed E-state index contributed by atoms with van der Waals surface area (Å²) in [5.74, 6) is -2.88. The Balaban J connectivity index is 2.28. The van der Waals surface area contributed by atoms with Crippen LogP contribution in [0.4, 0.5) is 0 Å². The van der Waals surface area contributed by atoms with Crippen LogP contribution >= 0.6 is 11.8 Å². The summed E-state index contributed by atoms with van der Waals surface area (Å²) in [4.78, 5) is 36.4. The number of thioether (sulfide) groups is 1. The third-order valence-electron chi connectivity index (χ3n) is 3.88. The van der Waals surface area contributed by atoms with Crippen LogP contribution in [0.3, 0.4) is 0 Å². The molecule has 7 nitrogen and oxygen atoms in total. The highest BCUT2D eigenvalue weighted by atomic mass is 32.2. The molecule has 2 rings (SSSR count). The Morgan fingerprint density at radius 2 is 2.10 bits per heavy atom. The van der Waals surface area contributed by atoms with Crippen molar-refractivity contribution in [3.05, 3.63) is 10.6 Å². The molecule has 4 unspecified atom stereocenters. The second-order valence-electron chi connectivity index (χ2n) is 5.14. The topological polar surface area (TPSA) is 104 Å². The van der Waals surface area contributed by atoms with Gasteiger partial charge in [-0.3, -0.25) is 9.59 Å². The largest absolute Gasteiger partial charge is 0.477 e. The standard InChI is InChI=1S/C13H17NO6S/c1-5-9-8(6(2)15)12(17)14(9)10(13(18)19)11(5)21-4-7(16)20-3/h5-6,8-9,15H,4H2,1-3H3,(H,18,19). The van der Waals surface area contributed by atoms with Crippen LogP contribution in [0.1, 0.15) is 13.8 Å². The summed E-state index contributed by atoms with van der Waals surface area (Å²) in [6.45, 7) is 3.32. The van der Waals surface area contributed by atoms with E-state index in [4.69, 9.17) is 0 Å². The quantitative estimate of drug-likeness (QED) is 0.545. The number of rotatable bonds is 5. The Morgan fingerprint density at radius 3 is 2.57 bits per heavy atom. The van der Waals surface area contributed by atoms with Crippen LogP contribution in [0.25, 0.3) is 0 Å². The van der Waals surface area contributed by atoms with E-state index in [0.717, 1.165) is 11.8 Å². The molecule has 0 spiro atoms. The van der Waals surface area contributed by atoms with Gasteiger partial charge in [-0.1, -0.05) is 6.92 Å². The van der Waals surface area contributed by atoms with Crippen molar-refractivity contribution in [2.75, 3.05) is 12.9 Å². The van der Waals surface area contributed by atoms with Gasteiger partial charge in [-0.2, -0.15) is 0 Å². The first-order chi connectivity index (χ1) is 9.81. The van der Waals surface area contributed by atoms with Crippen LogP contribution in [0.2, 0.25) is 0 Å². The van der Waals surface area contributed by atoms with Gasteiger partial charge >= 0.3 is 11.9 Å². The summed E-state index contributed by atoms with van der Waals surface area (Å²) in [6.07, 6.45) is -0.832. The van der Waals surface area contributed by atoms with Crippen molar-refractivity contribution < 1.29 is 29.3 Å². The number of hydrogen-bond acceptors (Lipinski definition) is 6. The zero-order valence-corrected chi connectivity index (χ0v) is 12.7. The Morgan fingerprint density at radius 1 is 1.48 bits per heavy atom. The molecular weight excluding hydrogens is 298 g/mol. The molecule has 0 aromatic heterocycles. The number of carbonyl (C=O) groups excluding carboxylic acids is 2. The second-order valence-corrected chi connectivity index (χ2v) is 6.15. The van der Waals surface area contributed by atoms with Gasteiger partial charge in [-0.15, -0.1) is 11.8 Å². The zero-order chi connectivity index (χ0) is 15.9. The van der Waals surface area contributed by atoms with Crippen molar-refractivity contribution in [1.29, 1.82) is 0 Å². The summed E-state index contributed by atoms with van der Waals surface area (Å²) in [7, 11) is 1.26. The lowest BCUT2D eigenvalue weighted by atomic mass is 9.79. The molecule has 21 heavy (non-hydrogen) atoms. The fourth-order valence-corrected chi connectivity index (χ4v) is 4.03. The number of aliphatic hydroxyl groups excluding tert-OH is 1. The predicted octanol–water partition coefficient (Wildman–Crippen LogP) is 0.0463.